The Morgan fingerprint density at radius 3 is 3.00 bits per heavy atom. The van der Waals surface area contributed by atoms with Gasteiger partial charge in [-0.3, -0.25) is 0 Å². The standard InChI is InChI=1S/C15H22O3/c1-3-4-12(10-16)15-14-9-13(17-2)6-5-11(14)7-8-18-15/h5-6,9,12,15-16H,3-4,7-8,10H2,1-2H3. The molecule has 3 heteroatoms. The highest BCUT2D eigenvalue weighted by Crippen LogP contribution is 2.36. The Morgan fingerprint density at radius 2 is 2.33 bits per heavy atom. The number of aliphatic hydroxyl groups is 1. The molecule has 2 rings (SSSR count). The smallest absolute Gasteiger partial charge is 0.119 e. The highest BCUT2D eigenvalue weighted by atomic mass is 16.5. The first-order valence-electron chi connectivity index (χ1n) is 6.69. The summed E-state index contributed by atoms with van der Waals surface area (Å²) in [7, 11) is 1.68. The van der Waals surface area contributed by atoms with Gasteiger partial charge in [0.15, 0.2) is 0 Å². The van der Waals surface area contributed by atoms with E-state index in [-0.39, 0.29) is 18.6 Å². The summed E-state index contributed by atoms with van der Waals surface area (Å²) >= 11 is 0. The lowest BCUT2D eigenvalue weighted by Crippen LogP contribution is -2.25. The molecular formula is C15H22O3. The van der Waals surface area contributed by atoms with Gasteiger partial charge in [0.25, 0.3) is 0 Å². The van der Waals surface area contributed by atoms with Crippen LogP contribution < -0.4 is 4.74 Å². The number of ether oxygens (including phenoxy) is 2. The van der Waals surface area contributed by atoms with Gasteiger partial charge in [-0.1, -0.05) is 19.4 Å². The van der Waals surface area contributed by atoms with Gasteiger partial charge in [-0.15, -0.1) is 0 Å². The molecule has 2 unspecified atom stereocenters. The summed E-state index contributed by atoms with van der Waals surface area (Å²) in [6.07, 6.45) is 3.00. The van der Waals surface area contributed by atoms with Crippen LogP contribution in [0.1, 0.15) is 37.0 Å². The first-order chi connectivity index (χ1) is 8.80. The molecule has 0 bridgehead atoms. The molecule has 0 fully saturated rings. The van der Waals surface area contributed by atoms with Crippen LogP contribution in [0.5, 0.6) is 5.75 Å². The lowest BCUT2D eigenvalue weighted by Gasteiger charge is -2.31. The van der Waals surface area contributed by atoms with Gasteiger partial charge < -0.3 is 14.6 Å². The number of hydrogen-bond acceptors (Lipinski definition) is 3. The van der Waals surface area contributed by atoms with Crippen LogP contribution in [0.3, 0.4) is 0 Å². The molecular weight excluding hydrogens is 228 g/mol. The molecule has 2 atom stereocenters. The Balaban J connectivity index is 2.30. The second kappa shape index (κ2) is 6.21. The van der Waals surface area contributed by atoms with Crippen molar-refractivity contribution >= 4 is 0 Å². The highest BCUT2D eigenvalue weighted by molar-refractivity contribution is 5.38. The van der Waals surface area contributed by atoms with Crippen LogP contribution in [-0.2, 0) is 11.2 Å². The fourth-order valence-electron chi connectivity index (χ4n) is 2.68. The first-order valence-corrected chi connectivity index (χ1v) is 6.69. The highest BCUT2D eigenvalue weighted by Gasteiger charge is 2.28. The third-order valence-electron chi connectivity index (χ3n) is 3.65. The zero-order chi connectivity index (χ0) is 13.0. The Kier molecular flexibility index (Phi) is 4.61. The van der Waals surface area contributed by atoms with Crippen molar-refractivity contribution in [1.29, 1.82) is 0 Å². The van der Waals surface area contributed by atoms with E-state index in [0.717, 1.165) is 31.6 Å². The maximum atomic E-state index is 9.55. The molecule has 1 aliphatic heterocycles. The molecule has 0 aromatic heterocycles. The minimum atomic E-state index is 0.00815. The Hall–Kier alpha value is -1.06. The summed E-state index contributed by atoms with van der Waals surface area (Å²) in [6.45, 7) is 3.05. The molecule has 0 saturated carbocycles. The minimum Gasteiger partial charge on any atom is -0.497 e. The van der Waals surface area contributed by atoms with Gasteiger partial charge in [0.2, 0.25) is 0 Å². The van der Waals surface area contributed by atoms with Gasteiger partial charge in [0.1, 0.15) is 5.75 Å². The maximum absolute atomic E-state index is 9.55. The number of hydrogen-bond donors (Lipinski definition) is 1. The molecule has 100 valence electrons. The maximum Gasteiger partial charge on any atom is 0.119 e. The van der Waals surface area contributed by atoms with E-state index in [1.54, 1.807) is 7.11 Å². The van der Waals surface area contributed by atoms with E-state index in [0.29, 0.717) is 0 Å². The number of methoxy groups -OCH3 is 1. The van der Waals surface area contributed by atoms with Crippen LogP contribution in [0.25, 0.3) is 0 Å². The Morgan fingerprint density at radius 1 is 1.50 bits per heavy atom. The van der Waals surface area contributed by atoms with Crippen molar-refractivity contribution in [3.63, 3.8) is 0 Å². The molecule has 1 aromatic rings. The molecule has 1 heterocycles. The minimum absolute atomic E-state index is 0.00815. The van der Waals surface area contributed by atoms with Crippen LogP contribution in [0, 0.1) is 5.92 Å². The Labute approximate surface area is 109 Å². The molecule has 0 radical (unpaired) electrons. The number of benzene rings is 1. The quantitative estimate of drug-likeness (QED) is 0.873. The monoisotopic (exact) mass is 250 g/mol. The van der Waals surface area contributed by atoms with Gasteiger partial charge in [-0.2, -0.15) is 0 Å². The van der Waals surface area contributed by atoms with E-state index in [1.165, 1.54) is 11.1 Å². The van der Waals surface area contributed by atoms with E-state index >= 15 is 0 Å². The van der Waals surface area contributed by atoms with Crippen molar-refractivity contribution in [3.8, 4) is 5.75 Å². The zero-order valence-electron chi connectivity index (χ0n) is 11.2. The van der Waals surface area contributed by atoms with E-state index in [4.69, 9.17) is 9.47 Å². The molecule has 0 saturated heterocycles. The van der Waals surface area contributed by atoms with Crippen LogP contribution in [0.4, 0.5) is 0 Å². The van der Waals surface area contributed by atoms with E-state index in [1.807, 2.05) is 6.07 Å². The van der Waals surface area contributed by atoms with Crippen molar-refractivity contribution in [2.45, 2.75) is 32.3 Å². The van der Waals surface area contributed by atoms with Gasteiger partial charge >= 0.3 is 0 Å². The molecule has 18 heavy (non-hydrogen) atoms. The van der Waals surface area contributed by atoms with Crippen LogP contribution >= 0.6 is 0 Å². The van der Waals surface area contributed by atoms with E-state index in [9.17, 15) is 5.11 Å². The topological polar surface area (TPSA) is 38.7 Å². The summed E-state index contributed by atoms with van der Waals surface area (Å²) in [4.78, 5) is 0. The second-order valence-electron chi connectivity index (χ2n) is 4.84. The normalized spacial score (nSPS) is 20.3. The largest absolute Gasteiger partial charge is 0.497 e. The average molecular weight is 250 g/mol. The summed E-state index contributed by atoms with van der Waals surface area (Å²) in [6, 6.07) is 6.16. The van der Waals surface area contributed by atoms with Gasteiger partial charge in [0.05, 0.1) is 19.8 Å². The first kappa shape index (κ1) is 13.4. The van der Waals surface area contributed by atoms with Crippen molar-refractivity contribution in [3.05, 3.63) is 29.3 Å². The van der Waals surface area contributed by atoms with Crippen molar-refractivity contribution in [1.82, 2.24) is 0 Å². The summed E-state index contributed by atoms with van der Waals surface area (Å²) in [5, 5.41) is 9.55. The molecule has 3 nitrogen and oxygen atoms in total. The fourth-order valence-corrected chi connectivity index (χ4v) is 2.68. The summed E-state index contributed by atoms with van der Waals surface area (Å²) in [5.74, 6) is 1.04. The predicted molar refractivity (Wildman–Crippen MR) is 70.9 cm³/mol. The van der Waals surface area contributed by atoms with Crippen LogP contribution in [-0.4, -0.2) is 25.4 Å². The van der Waals surface area contributed by atoms with Gasteiger partial charge in [0, 0.05) is 12.5 Å². The fraction of sp³-hybridized carbons (Fsp3) is 0.600. The predicted octanol–water partition coefficient (Wildman–Crippen LogP) is 2.72. The average Bonchev–Trinajstić information content (AvgIpc) is 2.43. The van der Waals surface area contributed by atoms with Gasteiger partial charge in [-0.05, 0) is 36.1 Å². The molecule has 1 aliphatic rings. The van der Waals surface area contributed by atoms with Crippen LogP contribution in [0.2, 0.25) is 0 Å². The number of rotatable bonds is 5. The number of fused-ring (bicyclic) bond motifs is 1. The molecule has 0 aliphatic carbocycles. The van der Waals surface area contributed by atoms with E-state index in [2.05, 4.69) is 19.1 Å². The van der Waals surface area contributed by atoms with Crippen molar-refractivity contribution < 1.29 is 14.6 Å². The van der Waals surface area contributed by atoms with E-state index < -0.39 is 0 Å². The third-order valence-corrected chi connectivity index (χ3v) is 3.65. The van der Waals surface area contributed by atoms with Crippen molar-refractivity contribution in [2.24, 2.45) is 5.92 Å². The molecule has 1 N–H and O–H groups in total. The van der Waals surface area contributed by atoms with Crippen LogP contribution in [0.15, 0.2) is 18.2 Å². The summed E-state index contributed by atoms with van der Waals surface area (Å²) < 4.78 is 11.2. The Bertz CT molecular complexity index is 389. The summed E-state index contributed by atoms with van der Waals surface area (Å²) in [5.41, 5.74) is 2.51. The second-order valence-corrected chi connectivity index (χ2v) is 4.84. The van der Waals surface area contributed by atoms with Crippen molar-refractivity contribution in [2.75, 3.05) is 20.3 Å². The molecule has 0 amide bonds. The SMILES string of the molecule is CCCC(CO)C1OCCc2ccc(OC)cc21. The lowest BCUT2D eigenvalue weighted by atomic mass is 9.87. The third kappa shape index (κ3) is 2.68. The number of aliphatic hydroxyl groups excluding tert-OH is 1. The zero-order valence-corrected chi connectivity index (χ0v) is 11.2. The lowest BCUT2D eigenvalue weighted by molar-refractivity contribution is -0.0197. The molecule has 1 aromatic carbocycles. The van der Waals surface area contributed by atoms with Gasteiger partial charge in [-0.25, -0.2) is 0 Å². The molecule has 0 spiro atoms.